The number of hydrogen-bond donors (Lipinski definition) is 3. The first kappa shape index (κ1) is 20.2. The maximum Gasteiger partial charge on any atom is 0.326 e. The summed E-state index contributed by atoms with van der Waals surface area (Å²) in [6.45, 7) is 4.09. The molecule has 1 amide bonds. The van der Waals surface area contributed by atoms with Crippen LogP contribution in [0.2, 0.25) is 0 Å². The van der Waals surface area contributed by atoms with E-state index < -0.39 is 17.9 Å². The smallest absolute Gasteiger partial charge is 0.326 e. The molecule has 0 bridgehead atoms. The van der Waals surface area contributed by atoms with E-state index in [4.69, 9.17) is 10.4 Å². The molecule has 25 heavy (non-hydrogen) atoms. The van der Waals surface area contributed by atoms with Gasteiger partial charge in [0.25, 0.3) is 5.91 Å². The van der Waals surface area contributed by atoms with Crippen LogP contribution in [0, 0.1) is 23.1 Å². The number of halogens is 1. The summed E-state index contributed by atoms with van der Waals surface area (Å²) >= 11 is 0. The Morgan fingerprint density at radius 3 is 2.68 bits per heavy atom. The number of rotatable bonds is 9. The second kappa shape index (κ2) is 10.1. The van der Waals surface area contributed by atoms with Crippen molar-refractivity contribution < 1.29 is 19.1 Å². The molecule has 6 nitrogen and oxygen atoms in total. The normalized spacial score (nSPS) is 12.4. The van der Waals surface area contributed by atoms with Crippen molar-refractivity contribution in [3.8, 4) is 6.07 Å². The molecule has 0 heterocycles. The highest BCUT2D eigenvalue weighted by Crippen LogP contribution is 2.06. The van der Waals surface area contributed by atoms with Gasteiger partial charge >= 0.3 is 5.97 Å². The Morgan fingerprint density at radius 2 is 2.12 bits per heavy atom. The molecule has 0 saturated carbocycles. The number of carbonyl (C=O) groups is 2. The SMILES string of the molecule is CC(C)CC(NC(=O)/C(C#N)=C\NCCc1cccc(F)c1)C(=O)O. The van der Waals surface area contributed by atoms with E-state index in [0.717, 1.165) is 5.56 Å². The molecule has 1 aromatic rings. The highest BCUT2D eigenvalue weighted by atomic mass is 19.1. The number of amides is 1. The molecule has 0 aliphatic heterocycles. The van der Waals surface area contributed by atoms with Crippen molar-refractivity contribution in [1.29, 1.82) is 5.26 Å². The maximum absolute atomic E-state index is 13.1. The number of nitriles is 1. The number of aliphatic carboxylic acids is 1. The molecule has 0 aliphatic rings. The standard InChI is InChI=1S/C18H22FN3O3/c1-12(2)8-16(18(24)25)22-17(23)14(10-20)11-21-7-6-13-4-3-5-15(19)9-13/h3-5,9,11-12,16,21H,6-8H2,1-2H3,(H,22,23)(H,24,25)/b14-11-. The molecule has 1 unspecified atom stereocenters. The van der Waals surface area contributed by atoms with E-state index in [1.165, 1.54) is 18.3 Å². The Balaban J connectivity index is 2.58. The highest BCUT2D eigenvalue weighted by molar-refractivity contribution is 5.99. The van der Waals surface area contributed by atoms with Gasteiger partial charge in [-0.3, -0.25) is 4.79 Å². The molecule has 1 aromatic carbocycles. The van der Waals surface area contributed by atoms with Gasteiger partial charge in [0.2, 0.25) is 0 Å². The van der Waals surface area contributed by atoms with Crippen molar-refractivity contribution in [3.05, 3.63) is 47.4 Å². The fraction of sp³-hybridized carbons (Fsp3) is 0.389. The third-order valence-electron chi connectivity index (χ3n) is 3.37. The molecule has 1 rings (SSSR count). The fourth-order valence-corrected chi connectivity index (χ4v) is 2.16. The van der Waals surface area contributed by atoms with Gasteiger partial charge in [-0.1, -0.05) is 26.0 Å². The number of hydrogen-bond acceptors (Lipinski definition) is 4. The van der Waals surface area contributed by atoms with Crippen molar-refractivity contribution >= 4 is 11.9 Å². The van der Waals surface area contributed by atoms with Crippen molar-refractivity contribution in [1.82, 2.24) is 10.6 Å². The maximum atomic E-state index is 13.1. The number of nitrogens with one attached hydrogen (secondary N) is 2. The van der Waals surface area contributed by atoms with Gasteiger partial charge in [-0.25, -0.2) is 9.18 Å². The van der Waals surface area contributed by atoms with Crippen LogP contribution in [-0.2, 0) is 16.0 Å². The molecule has 7 heteroatoms. The second-order valence-corrected chi connectivity index (χ2v) is 6.00. The molecule has 0 radical (unpaired) electrons. The Kier molecular flexibility index (Phi) is 8.13. The molecule has 134 valence electrons. The van der Waals surface area contributed by atoms with Crippen molar-refractivity contribution in [2.45, 2.75) is 32.7 Å². The van der Waals surface area contributed by atoms with Crippen LogP contribution in [0.15, 0.2) is 36.0 Å². The first-order valence-corrected chi connectivity index (χ1v) is 7.95. The molecule has 1 atom stereocenters. The van der Waals surface area contributed by atoms with Crippen molar-refractivity contribution in [2.24, 2.45) is 5.92 Å². The average molecular weight is 347 g/mol. The Bertz CT molecular complexity index is 680. The molecule has 0 spiro atoms. The number of carbonyl (C=O) groups excluding carboxylic acids is 1. The zero-order chi connectivity index (χ0) is 18.8. The molecule has 0 aromatic heterocycles. The number of carboxylic acids is 1. The van der Waals surface area contributed by atoms with Crippen LogP contribution >= 0.6 is 0 Å². The molecular weight excluding hydrogens is 325 g/mol. The van der Waals surface area contributed by atoms with Crippen LogP contribution in [0.25, 0.3) is 0 Å². The molecule has 0 saturated heterocycles. The molecule has 0 aliphatic carbocycles. The number of benzene rings is 1. The highest BCUT2D eigenvalue weighted by Gasteiger charge is 2.22. The van der Waals surface area contributed by atoms with Crippen molar-refractivity contribution in [3.63, 3.8) is 0 Å². The van der Waals surface area contributed by atoms with Gasteiger partial charge < -0.3 is 15.7 Å². The van der Waals surface area contributed by atoms with Gasteiger partial charge in [0.05, 0.1) is 0 Å². The van der Waals surface area contributed by atoms with Crippen LogP contribution in [-0.4, -0.2) is 29.6 Å². The van der Waals surface area contributed by atoms with E-state index in [0.29, 0.717) is 13.0 Å². The predicted molar refractivity (Wildman–Crippen MR) is 90.8 cm³/mol. The van der Waals surface area contributed by atoms with Gasteiger partial charge in [0.15, 0.2) is 0 Å². The lowest BCUT2D eigenvalue weighted by molar-refractivity contribution is -0.141. The third kappa shape index (κ3) is 7.48. The summed E-state index contributed by atoms with van der Waals surface area (Å²) in [5.41, 5.74) is 0.570. The summed E-state index contributed by atoms with van der Waals surface area (Å²) in [6, 6.07) is 6.84. The number of carboxylic acid groups (broad SMARTS) is 1. The quantitative estimate of drug-likeness (QED) is 0.360. The van der Waals surface area contributed by atoms with Gasteiger partial charge in [0.1, 0.15) is 23.5 Å². The molecular formula is C18H22FN3O3. The van der Waals surface area contributed by atoms with Crippen LogP contribution in [0.3, 0.4) is 0 Å². The molecule has 3 N–H and O–H groups in total. The Morgan fingerprint density at radius 1 is 1.40 bits per heavy atom. The van der Waals surface area contributed by atoms with E-state index in [1.54, 1.807) is 18.2 Å². The topological polar surface area (TPSA) is 102 Å². The molecule has 0 fully saturated rings. The summed E-state index contributed by atoms with van der Waals surface area (Å²) in [5.74, 6) is -2.12. The third-order valence-corrected chi connectivity index (χ3v) is 3.37. The predicted octanol–water partition coefficient (Wildman–Crippen LogP) is 1.98. The summed E-state index contributed by atoms with van der Waals surface area (Å²) in [6.07, 6.45) is 2.02. The van der Waals surface area contributed by atoms with E-state index in [1.807, 2.05) is 13.8 Å². The fourth-order valence-electron chi connectivity index (χ4n) is 2.16. The van der Waals surface area contributed by atoms with Crippen LogP contribution in [0.4, 0.5) is 4.39 Å². The monoisotopic (exact) mass is 347 g/mol. The van der Waals surface area contributed by atoms with E-state index in [2.05, 4.69) is 10.6 Å². The van der Waals surface area contributed by atoms with Crippen LogP contribution in [0.1, 0.15) is 25.8 Å². The first-order chi connectivity index (χ1) is 11.8. The lowest BCUT2D eigenvalue weighted by Gasteiger charge is -2.16. The lowest BCUT2D eigenvalue weighted by Crippen LogP contribution is -2.42. The summed E-state index contributed by atoms with van der Waals surface area (Å²) in [7, 11) is 0. The lowest BCUT2D eigenvalue weighted by atomic mass is 10.0. The van der Waals surface area contributed by atoms with E-state index >= 15 is 0 Å². The van der Waals surface area contributed by atoms with Gasteiger partial charge in [-0.05, 0) is 36.5 Å². The van der Waals surface area contributed by atoms with Crippen LogP contribution < -0.4 is 10.6 Å². The Labute approximate surface area is 146 Å². The van der Waals surface area contributed by atoms with Crippen molar-refractivity contribution in [2.75, 3.05) is 6.54 Å². The zero-order valence-electron chi connectivity index (χ0n) is 14.3. The summed E-state index contributed by atoms with van der Waals surface area (Å²) < 4.78 is 13.1. The Hall–Kier alpha value is -2.88. The minimum Gasteiger partial charge on any atom is -0.480 e. The minimum atomic E-state index is -1.14. The van der Waals surface area contributed by atoms with Crippen LogP contribution in [0.5, 0.6) is 0 Å². The summed E-state index contributed by atoms with van der Waals surface area (Å²) in [5, 5.41) is 23.4. The van der Waals surface area contributed by atoms with Gasteiger partial charge in [-0.2, -0.15) is 5.26 Å². The second-order valence-electron chi connectivity index (χ2n) is 6.00. The van der Waals surface area contributed by atoms with Gasteiger partial charge in [0, 0.05) is 12.7 Å². The van der Waals surface area contributed by atoms with Gasteiger partial charge in [-0.15, -0.1) is 0 Å². The number of nitrogens with zero attached hydrogens (tertiary/aromatic N) is 1. The minimum absolute atomic E-state index is 0.0836. The first-order valence-electron chi connectivity index (χ1n) is 7.95. The average Bonchev–Trinajstić information content (AvgIpc) is 2.53. The van der Waals surface area contributed by atoms with E-state index in [-0.39, 0.29) is 23.7 Å². The van der Waals surface area contributed by atoms with E-state index in [9.17, 15) is 14.0 Å². The zero-order valence-corrected chi connectivity index (χ0v) is 14.3. The summed E-state index contributed by atoms with van der Waals surface area (Å²) in [4.78, 5) is 23.2. The largest absolute Gasteiger partial charge is 0.480 e.